The van der Waals surface area contributed by atoms with Gasteiger partial charge in [0.2, 0.25) is 0 Å². The van der Waals surface area contributed by atoms with Gasteiger partial charge in [-0.1, -0.05) is 18.2 Å². The first-order chi connectivity index (χ1) is 9.83. The molecule has 4 rings (SSSR count). The third-order valence-electron chi connectivity index (χ3n) is 4.37. The minimum absolute atomic E-state index is 1.22. The number of anilines is 1. The summed E-state index contributed by atoms with van der Waals surface area (Å²) < 4.78 is 2.85. The molecule has 2 heteroatoms. The van der Waals surface area contributed by atoms with E-state index in [-0.39, 0.29) is 0 Å². The zero-order chi connectivity index (χ0) is 13.5. The average molecular weight is 281 g/mol. The second kappa shape index (κ2) is 4.78. The van der Waals surface area contributed by atoms with Crippen LogP contribution in [0.4, 0.5) is 5.69 Å². The van der Waals surface area contributed by atoms with Crippen molar-refractivity contribution >= 4 is 37.2 Å². The smallest absolute Gasteiger partial charge is 0.0386 e. The van der Waals surface area contributed by atoms with Crippen molar-refractivity contribution in [2.45, 2.75) is 26.2 Å². The van der Waals surface area contributed by atoms with Gasteiger partial charge in [0.1, 0.15) is 0 Å². The SMILES string of the molecule is Cc1cc(N2CCCCC2)cc2c1sc1ccccc12. The molecule has 0 N–H and O–H groups in total. The van der Waals surface area contributed by atoms with Gasteiger partial charge in [0.15, 0.2) is 0 Å². The molecule has 1 nitrogen and oxygen atoms in total. The standard InChI is InChI=1S/C18H19NS/c1-13-11-14(19-9-5-2-6-10-19)12-16-15-7-3-4-8-17(15)20-18(13)16/h3-4,7-8,11-12H,2,5-6,9-10H2,1H3. The van der Waals surface area contributed by atoms with Gasteiger partial charge in [-0.25, -0.2) is 0 Å². The highest BCUT2D eigenvalue weighted by molar-refractivity contribution is 7.26. The maximum absolute atomic E-state index is 2.56. The summed E-state index contributed by atoms with van der Waals surface area (Å²) in [6, 6.07) is 13.6. The van der Waals surface area contributed by atoms with Crippen molar-refractivity contribution in [3.63, 3.8) is 0 Å². The lowest BCUT2D eigenvalue weighted by atomic mass is 10.1. The van der Waals surface area contributed by atoms with Gasteiger partial charge in [-0.05, 0) is 49.9 Å². The molecule has 2 heterocycles. The third kappa shape index (κ3) is 1.90. The van der Waals surface area contributed by atoms with Crippen LogP contribution in [0.3, 0.4) is 0 Å². The van der Waals surface area contributed by atoms with Crippen LogP contribution in [0, 0.1) is 6.92 Å². The van der Waals surface area contributed by atoms with E-state index in [1.807, 2.05) is 11.3 Å². The van der Waals surface area contributed by atoms with Crippen LogP contribution in [-0.4, -0.2) is 13.1 Å². The van der Waals surface area contributed by atoms with Crippen LogP contribution in [-0.2, 0) is 0 Å². The van der Waals surface area contributed by atoms with Crippen molar-refractivity contribution in [3.05, 3.63) is 42.0 Å². The summed E-state index contributed by atoms with van der Waals surface area (Å²) in [7, 11) is 0. The summed E-state index contributed by atoms with van der Waals surface area (Å²) in [4.78, 5) is 2.56. The predicted octanol–water partition coefficient (Wildman–Crippen LogP) is 5.35. The van der Waals surface area contributed by atoms with Crippen LogP contribution < -0.4 is 4.90 Å². The minimum Gasteiger partial charge on any atom is -0.372 e. The molecule has 0 spiro atoms. The van der Waals surface area contributed by atoms with Crippen molar-refractivity contribution in [3.8, 4) is 0 Å². The van der Waals surface area contributed by atoms with E-state index < -0.39 is 0 Å². The maximum atomic E-state index is 2.56. The van der Waals surface area contributed by atoms with Crippen LogP contribution in [0.5, 0.6) is 0 Å². The number of thiophene rings is 1. The van der Waals surface area contributed by atoms with Crippen LogP contribution in [0.25, 0.3) is 20.2 Å². The van der Waals surface area contributed by atoms with E-state index in [0.29, 0.717) is 0 Å². The zero-order valence-electron chi connectivity index (χ0n) is 11.9. The quantitative estimate of drug-likeness (QED) is 0.581. The highest BCUT2D eigenvalue weighted by Crippen LogP contribution is 2.38. The Labute approximate surface area is 123 Å². The number of hydrogen-bond acceptors (Lipinski definition) is 2. The number of benzene rings is 2. The van der Waals surface area contributed by atoms with Gasteiger partial charge in [-0.15, -0.1) is 11.3 Å². The highest BCUT2D eigenvalue weighted by Gasteiger charge is 2.14. The first-order valence-electron chi connectivity index (χ1n) is 7.50. The summed E-state index contributed by atoms with van der Waals surface area (Å²) in [6.45, 7) is 4.69. The third-order valence-corrected chi connectivity index (χ3v) is 5.69. The highest BCUT2D eigenvalue weighted by atomic mass is 32.1. The van der Waals surface area contributed by atoms with Gasteiger partial charge in [0.25, 0.3) is 0 Å². The molecule has 1 aliphatic rings. The normalized spacial score (nSPS) is 16.1. The molecule has 1 fully saturated rings. The van der Waals surface area contributed by atoms with Crippen LogP contribution in [0.2, 0.25) is 0 Å². The molecular weight excluding hydrogens is 262 g/mol. The first kappa shape index (κ1) is 12.2. The van der Waals surface area contributed by atoms with Crippen molar-refractivity contribution in [1.29, 1.82) is 0 Å². The summed E-state index contributed by atoms with van der Waals surface area (Å²) in [5.74, 6) is 0. The summed E-state index contributed by atoms with van der Waals surface area (Å²) >= 11 is 1.93. The molecule has 0 aliphatic carbocycles. The van der Waals surface area contributed by atoms with E-state index in [2.05, 4.69) is 48.2 Å². The molecule has 1 aromatic heterocycles. The second-order valence-electron chi connectivity index (χ2n) is 5.79. The number of nitrogens with zero attached hydrogens (tertiary/aromatic N) is 1. The van der Waals surface area contributed by atoms with E-state index in [9.17, 15) is 0 Å². The number of aryl methyl sites for hydroxylation is 1. The van der Waals surface area contributed by atoms with Gasteiger partial charge in [0.05, 0.1) is 0 Å². The number of rotatable bonds is 1. The molecule has 0 radical (unpaired) electrons. The minimum atomic E-state index is 1.22. The molecule has 0 saturated carbocycles. The van der Waals surface area contributed by atoms with Crippen LogP contribution in [0.1, 0.15) is 24.8 Å². The van der Waals surface area contributed by atoms with Gasteiger partial charge >= 0.3 is 0 Å². The molecule has 0 bridgehead atoms. The average Bonchev–Trinajstić information content (AvgIpc) is 2.88. The molecule has 20 heavy (non-hydrogen) atoms. The fourth-order valence-corrected chi connectivity index (χ4v) is 4.47. The van der Waals surface area contributed by atoms with E-state index in [1.165, 1.54) is 63.8 Å². The summed E-state index contributed by atoms with van der Waals surface area (Å²) in [5.41, 5.74) is 2.84. The Hall–Kier alpha value is -1.54. The summed E-state index contributed by atoms with van der Waals surface area (Å²) in [5, 5.41) is 2.85. The lowest BCUT2D eigenvalue weighted by Gasteiger charge is -2.29. The molecule has 3 aromatic rings. The Bertz CT molecular complexity index is 766. The van der Waals surface area contributed by atoms with Gasteiger partial charge in [-0.2, -0.15) is 0 Å². The van der Waals surface area contributed by atoms with E-state index in [0.717, 1.165) is 0 Å². The summed E-state index contributed by atoms with van der Waals surface area (Å²) in [6.07, 6.45) is 4.06. The number of hydrogen-bond donors (Lipinski definition) is 0. The zero-order valence-corrected chi connectivity index (χ0v) is 12.7. The Morgan fingerprint density at radius 2 is 1.75 bits per heavy atom. The first-order valence-corrected chi connectivity index (χ1v) is 8.31. The number of fused-ring (bicyclic) bond motifs is 3. The largest absolute Gasteiger partial charge is 0.372 e. The van der Waals surface area contributed by atoms with Crippen molar-refractivity contribution in [2.24, 2.45) is 0 Å². The molecule has 0 amide bonds. The fraction of sp³-hybridized carbons (Fsp3) is 0.333. The molecule has 102 valence electrons. The predicted molar refractivity (Wildman–Crippen MR) is 90.1 cm³/mol. The van der Waals surface area contributed by atoms with Crippen LogP contribution >= 0.6 is 11.3 Å². The Morgan fingerprint density at radius 1 is 0.950 bits per heavy atom. The molecule has 0 unspecified atom stereocenters. The Balaban J connectivity index is 1.93. The molecule has 1 saturated heterocycles. The fourth-order valence-electron chi connectivity index (χ4n) is 3.31. The van der Waals surface area contributed by atoms with Crippen molar-refractivity contribution < 1.29 is 0 Å². The molecule has 1 aliphatic heterocycles. The van der Waals surface area contributed by atoms with E-state index in [1.54, 1.807) is 0 Å². The van der Waals surface area contributed by atoms with E-state index >= 15 is 0 Å². The monoisotopic (exact) mass is 281 g/mol. The maximum Gasteiger partial charge on any atom is 0.0386 e. The molecule has 2 aromatic carbocycles. The van der Waals surface area contributed by atoms with Crippen LogP contribution in [0.15, 0.2) is 36.4 Å². The van der Waals surface area contributed by atoms with Crippen molar-refractivity contribution in [2.75, 3.05) is 18.0 Å². The van der Waals surface area contributed by atoms with Gasteiger partial charge < -0.3 is 4.90 Å². The van der Waals surface area contributed by atoms with Gasteiger partial charge in [-0.3, -0.25) is 0 Å². The second-order valence-corrected chi connectivity index (χ2v) is 6.84. The Morgan fingerprint density at radius 3 is 2.60 bits per heavy atom. The lowest BCUT2D eigenvalue weighted by molar-refractivity contribution is 0.578. The molecule has 0 atom stereocenters. The van der Waals surface area contributed by atoms with E-state index in [4.69, 9.17) is 0 Å². The topological polar surface area (TPSA) is 3.24 Å². The van der Waals surface area contributed by atoms with Gasteiger partial charge in [0, 0.05) is 38.9 Å². The molecular formula is C18H19NS. The lowest BCUT2D eigenvalue weighted by Crippen LogP contribution is -2.29. The van der Waals surface area contributed by atoms with Crippen molar-refractivity contribution in [1.82, 2.24) is 0 Å². The Kier molecular flexibility index (Phi) is 2.92. The number of piperidine rings is 1.